The molecule has 2 heterocycles. The van der Waals surface area contributed by atoms with Gasteiger partial charge in [-0.3, -0.25) is 4.79 Å². The molecule has 3 rings (SSSR count). The lowest BCUT2D eigenvalue weighted by Gasteiger charge is -2.14. The number of rotatable bonds is 1. The Hall–Kier alpha value is -1.04. The molecule has 0 saturated carbocycles. The van der Waals surface area contributed by atoms with Crippen molar-refractivity contribution >= 4 is 46.3 Å². The van der Waals surface area contributed by atoms with E-state index in [0.717, 1.165) is 16.1 Å². The normalized spacial score (nSPS) is 18.6. The summed E-state index contributed by atoms with van der Waals surface area (Å²) in [7, 11) is 0. The average molecular weight is 314 g/mol. The predicted molar refractivity (Wildman–Crippen MR) is 78.7 cm³/mol. The third-order valence-electron chi connectivity index (χ3n) is 2.83. The summed E-state index contributed by atoms with van der Waals surface area (Å²) in [5, 5.41) is 4.93. The number of hydrogen-bond donors (Lipinski definition) is 1. The van der Waals surface area contributed by atoms with E-state index < -0.39 is 5.82 Å². The van der Waals surface area contributed by atoms with Gasteiger partial charge in [-0.1, -0.05) is 17.7 Å². The number of thioether (sulfide) groups is 1. The molecule has 98 valence electrons. The van der Waals surface area contributed by atoms with Gasteiger partial charge < -0.3 is 5.32 Å². The van der Waals surface area contributed by atoms with Gasteiger partial charge in [-0.2, -0.15) is 0 Å². The van der Waals surface area contributed by atoms with E-state index >= 15 is 0 Å². The fraction of sp³-hybridized carbons (Fsp3) is 0.154. The Balaban J connectivity index is 2.05. The standard InChI is InChI=1S/C13H9ClFNOS2/c14-8-5-7(1-2-9(8)15)12-13-10(3-4-18-13)16-11(17)6-19-12/h1-5,12H,6H2,(H,16,17). The van der Waals surface area contributed by atoms with Crippen LogP contribution in [0.5, 0.6) is 0 Å². The molecule has 1 aliphatic heterocycles. The number of carbonyl (C=O) groups is 1. The monoisotopic (exact) mass is 313 g/mol. The van der Waals surface area contributed by atoms with Crippen molar-refractivity contribution in [3.8, 4) is 0 Å². The van der Waals surface area contributed by atoms with Gasteiger partial charge in [0.1, 0.15) is 5.82 Å². The van der Waals surface area contributed by atoms with Crippen molar-refractivity contribution in [1.29, 1.82) is 0 Å². The van der Waals surface area contributed by atoms with Crippen molar-refractivity contribution in [3.63, 3.8) is 0 Å². The maximum absolute atomic E-state index is 13.2. The zero-order valence-corrected chi connectivity index (χ0v) is 12.0. The maximum Gasteiger partial charge on any atom is 0.234 e. The molecule has 1 aliphatic rings. The summed E-state index contributed by atoms with van der Waals surface area (Å²) < 4.78 is 13.2. The predicted octanol–water partition coefficient (Wildman–Crippen LogP) is 4.32. The van der Waals surface area contributed by atoms with Gasteiger partial charge in [0.2, 0.25) is 5.91 Å². The van der Waals surface area contributed by atoms with Crippen molar-refractivity contribution < 1.29 is 9.18 Å². The van der Waals surface area contributed by atoms with E-state index in [1.54, 1.807) is 23.5 Å². The van der Waals surface area contributed by atoms with Crippen molar-refractivity contribution in [2.24, 2.45) is 0 Å². The molecule has 2 nitrogen and oxygen atoms in total. The lowest BCUT2D eigenvalue weighted by molar-refractivity contribution is -0.113. The molecule has 0 spiro atoms. The Kier molecular flexibility index (Phi) is 3.52. The third kappa shape index (κ3) is 2.50. The summed E-state index contributed by atoms with van der Waals surface area (Å²) in [4.78, 5) is 12.7. The second kappa shape index (κ2) is 5.15. The lowest BCUT2D eigenvalue weighted by atomic mass is 10.1. The van der Waals surface area contributed by atoms with Crippen LogP contribution in [-0.2, 0) is 4.79 Å². The first-order valence-corrected chi connectivity index (χ1v) is 7.89. The number of amides is 1. The third-order valence-corrected chi connectivity index (χ3v) is 5.53. The molecule has 2 aromatic rings. The van der Waals surface area contributed by atoms with Gasteiger partial charge in [0.05, 0.1) is 21.7 Å². The van der Waals surface area contributed by atoms with E-state index in [4.69, 9.17) is 11.6 Å². The lowest BCUT2D eigenvalue weighted by Crippen LogP contribution is -2.11. The Morgan fingerprint density at radius 1 is 1.37 bits per heavy atom. The molecule has 6 heteroatoms. The molecule has 1 amide bonds. The van der Waals surface area contributed by atoms with Crippen LogP contribution < -0.4 is 5.32 Å². The summed E-state index contributed by atoms with van der Waals surface area (Å²) >= 11 is 8.95. The van der Waals surface area contributed by atoms with Gasteiger partial charge in [-0.15, -0.1) is 23.1 Å². The van der Waals surface area contributed by atoms with Crippen LogP contribution >= 0.6 is 34.7 Å². The number of hydrogen-bond acceptors (Lipinski definition) is 3. The number of halogens is 2. The van der Waals surface area contributed by atoms with Crippen molar-refractivity contribution in [1.82, 2.24) is 0 Å². The first kappa shape index (κ1) is 13.0. The van der Waals surface area contributed by atoms with Gasteiger partial charge in [0.25, 0.3) is 0 Å². The number of fused-ring (bicyclic) bond motifs is 1. The van der Waals surface area contributed by atoms with Gasteiger partial charge in [0, 0.05) is 4.88 Å². The van der Waals surface area contributed by atoms with Gasteiger partial charge in [0.15, 0.2) is 0 Å². The van der Waals surface area contributed by atoms with E-state index in [2.05, 4.69) is 5.32 Å². The van der Waals surface area contributed by atoms with Crippen molar-refractivity contribution in [3.05, 3.63) is 50.9 Å². The minimum absolute atomic E-state index is 0.00653. The molecule has 0 fully saturated rings. The van der Waals surface area contributed by atoms with E-state index in [9.17, 15) is 9.18 Å². The van der Waals surface area contributed by atoms with Gasteiger partial charge in [-0.25, -0.2) is 4.39 Å². The summed E-state index contributed by atoms with van der Waals surface area (Å²) in [6.07, 6.45) is 0. The second-order valence-electron chi connectivity index (χ2n) is 4.11. The summed E-state index contributed by atoms with van der Waals surface area (Å²) in [6, 6.07) is 6.61. The van der Waals surface area contributed by atoms with E-state index in [1.165, 1.54) is 17.8 Å². The van der Waals surface area contributed by atoms with Crippen LogP contribution in [0.15, 0.2) is 29.6 Å². The second-order valence-corrected chi connectivity index (χ2v) is 6.56. The minimum Gasteiger partial charge on any atom is -0.324 e. The molecule has 1 unspecified atom stereocenters. The molecule has 1 atom stereocenters. The molecule has 19 heavy (non-hydrogen) atoms. The molecule has 0 radical (unpaired) electrons. The fourth-order valence-corrected chi connectivity index (χ4v) is 4.40. The van der Waals surface area contributed by atoms with Crippen LogP contribution in [0, 0.1) is 5.82 Å². The Bertz CT molecular complexity index is 643. The Labute approximate surface area is 123 Å². The minimum atomic E-state index is -0.426. The van der Waals surface area contributed by atoms with E-state index in [1.807, 2.05) is 11.4 Å². The van der Waals surface area contributed by atoms with Crippen LogP contribution in [0.3, 0.4) is 0 Å². The fourth-order valence-electron chi connectivity index (χ4n) is 1.97. The highest BCUT2D eigenvalue weighted by Crippen LogP contribution is 2.44. The van der Waals surface area contributed by atoms with Crippen molar-refractivity contribution in [2.75, 3.05) is 11.1 Å². The average Bonchev–Trinajstić information content (AvgIpc) is 2.76. The molecule has 1 N–H and O–H groups in total. The van der Waals surface area contributed by atoms with Gasteiger partial charge in [-0.05, 0) is 29.1 Å². The number of carbonyl (C=O) groups excluding carboxylic acids is 1. The Morgan fingerprint density at radius 2 is 2.21 bits per heavy atom. The number of nitrogens with one attached hydrogen (secondary N) is 1. The first-order chi connectivity index (χ1) is 9.15. The summed E-state index contributed by atoms with van der Waals surface area (Å²) in [5.74, 6) is -0.0638. The van der Waals surface area contributed by atoms with Crippen LogP contribution in [-0.4, -0.2) is 11.7 Å². The van der Waals surface area contributed by atoms with E-state index in [-0.39, 0.29) is 16.2 Å². The molecule has 0 bridgehead atoms. The molecule has 1 aromatic carbocycles. The smallest absolute Gasteiger partial charge is 0.234 e. The Morgan fingerprint density at radius 3 is 3.00 bits per heavy atom. The highest BCUT2D eigenvalue weighted by atomic mass is 35.5. The zero-order valence-electron chi connectivity index (χ0n) is 9.65. The van der Waals surface area contributed by atoms with Crippen LogP contribution in [0.2, 0.25) is 5.02 Å². The highest BCUT2D eigenvalue weighted by molar-refractivity contribution is 8.00. The van der Waals surface area contributed by atoms with Crippen LogP contribution in [0.25, 0.3) is 0 Å². The number of benzene rings is 1. The summed E-state index contributed by atoms with van der Waals surface area (Å²) in [5.41, 5.74) is 1.75. The SMILES string of the molecule is O=C1CSC(c2ccc(F)c(Cl)c2)c2sccc2N1. The number of anilines is 1. The van der Waals surface area contributed by atoms with Crippen molar-refractivity contribution in [2.45, 2.75) is 5.25 Å². The molecule has 1 aromatic heterocycles. The van der Waals surface area contributed by atoms with Crippen LogP contribution in [0.1, 0.15) is 15.7 Å². The maximum atomic E-state index is 13.2. The van der Waals surface area contributed by atoms with Crippen LogP contribution in [0.4, 0.5) is 10.1 Å². The molecular weight excluding hydrogens is 305 g/mol. The molecule has 0 saturated heterocycles. The highest BCUT2D eigenvalue weighted by Gasteiger charge is 2.25. The largest absolute Gasteiger partial charge is 0.324 e. The molecule has 0 aliphatic carbocycles. The number of thiophene rings is 1. The van der Waals surface area contributed by atoms with Gasteiger partial charge >= 0.3 is 0 Å². The summed E-state index contributed by atoms with van der Waals surface area (Å²) in [6.45, 7) is 0. The first-order valence-electron chi connectivity index (χ1n) is 5.59. The quantitative estimate of drug-likeness (QED) is 0.849. The van der Waals surface area contributed by atoms with E-state index in [0.29, 0.717) is 5.75 Å². The zero-order chi connectivity index (χ0) is 13.4. The molecular formula is C13H9ClFNOS2. The topological polar surface area (TPSA) is 29.1 Å².